The second kappa shape index (κ2) is 3.01. The van der Waals surface area contributed by atoms with Crippen LogP contribution < -0.4 is 5.73 Å². The summed E-state index contributed by atoms with van der Waals surface area (Å²) in [5.41, 5.74) is 5.58. The minimum absolute atomic E-state index is 0.0949. The molecular weight excluding hydrogens is 128 g/mol. The van der Waals surface area contributed by atoms with Gasteiger partial charge in [-0.3, -0.25) is 4.79 Å². The third-order valence-corrected chi connectivity index (χ3v) is 1.95. The summed E-state index contributed by atoms with van der Waals surface area (Å²) in [6.07, 6.45) is 3.02. The van der Waals surface area contributed by atoms with E-state index >= 15 is 0 Å². The minimum Gasteiger partial charge on any atom is -0.344 e. The number of amides is 1. The molecule has 1 heterocycles. The number of hydrogen-bond donors (Lipinski definition) is 1. The standard InChI is InChI=1S/C7H14N2O/c1-9-5-3-2-4-6(8)7(9)10/h6H,2-5,8H2,1H3/t6-/m1/s1. The highest BCUT2D eigenvalue weighted by Gasteiger charge is 2.19. The van der Waals surface area contributed by atoms with Crippen LogP contribution in [0.4, 0.5) is 0 Å². The Hall–Kier alpha value is -0.570. The van der Waals surface area contributed by atoms with Gasteiger partial charge in [0.25, 0.3) is 0 Å². The molecule has 3 heteroatoms. The van der Waals surface area contributed by atoms with Crippen LogP contribution in [0.1, 0.15) is 19.3 Å². The highest BCUT2D eigenvalue weighted by molar-refractivity contribution is 5.81. The van der Waals surface area contributed by atoms with E-state index in [9.17, 15) is 4.79 Å². The number of carbonyl (C=O) groups excluding carboxylic acids is 1. The summed E-state index contributed by atoms with van der Waals surface area (Å²) in [7, 11) is 1.81. The SMILES string of the molecule is CN1CCCC[C@@H](N)C1=O. The average Bonchev–Trinajstić information content (AvgIpc) is 2.04. The molecule has 0 unspecified atom stereocenters. The van der Waals surface area contributed by atoms with Gasteiger partial charge in [-0.1, -0.05) is 0 Å². The third-order valence-electron chi connectivity index (χ3n) is 1.95. The van der Waals surface area contributed by atoms with Gasteiger partial charge in [0, 0.05) is 13.6 Å². The molecule has 0 aliphatic carbocycles. The van der Waals surface area contributed by atoms with E-state index in [2.05, 4.69) is 0 Å². The maximum absolute atomic E-state index is 11.1. The van der Waals surface area contributed by atoms with Gasteiger partial charge in [0.1, 0.15) is 0 Å². The van der Waals surface area contributed by atoms with Crippen LogP contribution in [0, 0.1) is 0 Å². The second-order valence-corrected chi connectivity index (χ2v) is 2.86. The number of likely N-dealkylation sites (tertiary alicyclic amines) is 1. The molecule has 1 aliphatic heterocycles. The fraction of sp³-hybridized carbons (Fsp3) is 0.857. The summed E-state index contributed by atoms with van der Waals surface area (Å²) in [4.78, 5) is 12.9. The topological polar surface area (TPSA) is 46.3 Å². The number of carbonyl (C=O) groups is 1. The van der Waals surface area contributed by atoms with E-state index in [0.717, 1.165) is 25.8 Å². The number of hydrogen-bond acceptors (Lipinski definition) is 2. The van der Waals surface area contributed by atoms with Gasteiger partial charge in [-0.2, -0.15) is 0 Å². The van der Waals surface area contributed by atoms with E-state index in [-0.39, 0.29) is 11.9 Å². The number of rotatable bonds is 0. The highest BCUT2D eigenvalue weighted by Crippen LogP contribution is 2.07. The lowest BCUT2D eigenvalue weighted by atomic mass is 10.1. The predicted molar refractivity (Wildman–Crippen MR) is 39.5 cm³/mol. The van der Waals surface area contributed by atoms with Crippen LogP contribution in [0.15, 0.2) is 0 Å². The summed E-state index contributed by atoms with van der Waals surface area (Å²) in [6.45, 7) is 0.868. The van der Waals surface area contributed by atoms with Crippen LogP contribution in [0.5, 0.6) is 0 Å². The van der Waals surface area contributed by atoms with E-state index in [1.807, 2.05) is 7.05 Å². The van der Waals surface area contributed by atoms with Crippen molar-refractivity contribution in [2.75, 3.05) is 13.6 Å². The molecule has 0 bridgehead atoms. The van der Waals surface area contributed by atoms with Gasteiger partial charge in [-0.05, 0) is 19.3 Å². The van der Waals surface area contributed by atoms with E-state index in [4.69, 9.17) is 5.73 Å². The molecule has 0 radical (unpaired) electrons. The van der Waals surface area contributed by atoms with E-state index in [1.165, 1.54) is 0 Å². The first-order valence-electron chi connectivity index (χ1n) is 3.72. The highest BCUT2D eigenvalue weighted by atomic mass is 16.2. The average molecular weight is 142 g/mol. The molecule has 1 fully saturated rings. The first kappa shape index (κ1) is 7.54. The quantitative estimate of drug-likeness (QED) is 0.515. The summed E-state index contributed by atoms with van der Waals surface area (Å²) in [5, 5.41) is 0. The van der Waals surface area contributed by atoms with Crippen molar-refractivity contribution >= 4 is 5.91 Å². The largest absolute Gasteiger partial charge is 0.344 e. The molecule has 1 amide bonds. The summed E-state index contributed by atoms with van der Waals surface area (Å²) in [6, 6.07) is -0.243. The van der Waals surface area contributed by atoms with Crippen molar-refractivity contribution in [3.8, 4) is 0 Å². The van der Waals surface area contributed by atoms with Crippen molar-refractivity contribution in [3.05, 3.63) is 0 Å². The monoisotopic (exact) mass is 142 g/mol. The number of nitrogens with two attached hydrogens (primary N) is 1. The van der Waals surface area contributed by atoms with Gasteiger partial charge in [0.05, 0.1) is 6.04 Å². The van der Waals surface area contributed by atoms with Gasteiger partial charge in [-0.15, -0.1) is 0 Å². The summed E-state index contributed by atoms with van der Waals surface area (Å²) < 4.78 is 0. The van der Waals surface area contributed by atoms with E-state index in [1.54, 1.807) is 4.90 Å². The molecule has 1 atom stereocenters. The van der Waals surface area contributed by atoms with Crippen molar-refractivity contribution in [1.82, 2.24) is 4.90 Å². The predicted octanol–water partition coefficient (Wildman–Crippen LogP) is -0.0440. The minimum atomic E-state index is -0.243. The zero-order valence-electron chi connectivity index (χ0n) is 6.34. The third kappa shape index (κ3) is 1.48. The summed E-state index contributed by atoms with van der Waals surface area (Å²) >= 11 is 0. The molecule has 1 rings (SSSR count). The first-order chi connectivity index (χ1) is 4.72. The van der Waals surface area contributed by atoms with Crippen LogP contribution in [-0.4, -0.2) is 30.4 Å². The molecule has 1 saturated heterocycles. The Bertz CT molecular complexity index is 122. The molecule has 0 aromatic rings. The maximum atomic E-state index is 11.1. The van der Waals surface area contributed by atoms with Gasteiger partial charge >= 0.3 is 0 Å². The lowest BCUT2D eigenvalue weighted by Gasteiger charge is -2.15. The Morgan fingerprint density at radius 2 is 2.30 bits per heavy atom. The number of nitrogens with zero attached hydrogens (tertiary/aromatic N) is 1. The molecule has 1 aliphatic rings. The Labute approximate surface area is 61.2 Å². The molecule has 0 aromatic carbocycles. The zero-order chi connectivity index (χ0) is 7.56. The van der Waals surface area contributed by atoms with Crippen LogP contribution in [0.3, 0.4) is 0 Å². The fourth-order valence-corrected chi connectivity index (χ4v) is 1.23. The lowest BCUT2D eigenvalue weighted by molar-refractivity contribution is -0.130. The maximum Gasteiger partial charge on any atom is 0.239 e. The van der Waals surface area contributed by atoms with E-state index < -0.39 is 0 Å². The van der Waals surface area contributed by atoms with Crippen molar-refractivity contribution in [2.24, 2.45) is 5.73 Å². The lowest BCUT2D eigenvalue weighted by Crippen LogP contribution is -2.39. The molecule has 0 aromatic heterocycles. The van der Waals surface area contributed by atoms with E-state index in [0.29, 0.717) is 0 Å². The first-order valence-corrected chi connectivity index (χ1v) is 3.72. The van der Waals surface area contributed by atoms with Crippen molar-refractivity contribution in [3.63, 3.8) is 0 Å². The van der Waals surface area contributed by atoms with Crippen LogP contribution in [-0.2, 0) is 4.79 Å². The Morgan fingerprint density at radius 3 is 3.00 bits per heavy atom. The molecule has 3 nitrogen and oxygen atoms in total. The molecule has 0 spiro atoms. The van der Waals surface area contributed by atoms with Crippen molar-refractivity contribution < 1.29 is 4.79 Å². The van der Waals surface area contributed by atoms with Crippen molar-refractivity contribution in [2.45, 2.75) is 25.3 Å². The normalized spacial score (nSPS) is 28.4. The molecule has 0 saturated carbocycles. The van der Waals surface area contributed by atoms with Crippen LogP contribution in [0.2, 0.25) is 0 Å². The van der Waals surface area contributed by atoms with Gasteiger partial charge in [0.15, 0.2) is 0 Å². The molecular formula is C7H14N2O. The van der Waals surface area contributed by atoms with Crippen LogP contribution in [0.25, 0.3) is 0 Å². The van der Waals surface area contributed by atoms with Gasteiger partial charge < -0.3 is 10.6 Å². The molecule has 2 N–H and O–H groups in total. The molecule has 10 heavy (non-hydrogen) atoms. The summed E-state index contributed by atoms with van der Waals surface area (Å²) in [5.74, 6) is 0.0949. The van der Waals surface area contributed by atoms with Crippen LogP contribution >= 0.6 is 0 Å². The fourth-order valence-electron chi connectivity index (χ4n) is 1.23. The number of likely N-dealkylation sites (N-methyl/N-ethyl adjacent to an activating group) is 1. The Balaban J connectivity index is 2.55. The Kier molecular flexibility index (Phi) is 2.27. The van der Waals surface area contributed by atoms with Gasteiger partial charge in [0.2, 0.25) is 5.91 Å². The smallest absolute Gasteiger partial charge is 0.239 e. The molecule has 58 valence electrons. The van der Waals surface area contributed by atoms with Gasteiger partial charge in [-0.25, -0.2) is 0 Å². The second-order valence-electron chi connectivity index (χ2n) is 2.86. The zero-order valence-corrected chi connectivity index (χ0v) is 6.34. The Morgan fingerprint density at radius 1 is 1.60 bits per heavy atom. The van der Waals surface area contributed by atoms with Crippen molar-refractivity contribution in [1.29, 1.82) is 0 Å².